The number of halogens is 1. The Balaban J connectivity index is 1.71. The van der Waals surface area contributed by atoms with Gasteiger partial charge in [0, 0.05) is 18.5 Å². The van der Waals surface area contributed by atoms with Gasteiger partial charge in [-0.05, 0) is 50.4 Å². The Bertz CT molecular complexity index is 297. The van der Waals surface area contributed by atoms with Crippen LogP contribution in [0.2, 0.25) is 0 Å². The Labute approximate surface area is 117 Å². The zero-order valence-corrected chi connectivity index (χ0v) is 13.1. The van der Waals surface area contributed by atoms with Crippen molar-refractivity contribution in [3.8, 4) is 0 Å². The van der Waals surface area contributed by atoms with Gasteiger partial charge in [0.25, 0.3) is 0 Å². The quantitative estimate of drug-likeness (QED) is 0.563. The SMILES string of the molecule is CC(C)(C)OC(=O)N1CC2(CC(CCI)C2)C1. The van der Waals surface area contributed by atoms with Crippen molar-refractivity contribution in [1.29, 1.82) is 0 Å². The Morgan fingerprint density at radius 2 is 2.00 bits per heavy atom. The van der Waals surface area contributed by atoms with Crippen molar-refractivity contribution in [3.63, 3.8) is 0 Å². The van der Waals surface area contributed by atoms with Crippen LogP contribution in [0.3, 0.4) is 0 Å². The molecular formula is C13H22INO2. The molecule has 2 rings (SSSR count). The van der Waals surface area contributed by atoms with Crippen LogP contribution >= 0.6 is 22.6 Å². The van der Waals surface area contributed by atoms with Gasteiger partial charge in [0.05, 0.1) is 0 Å². The summed E-state index contributed by atoms with van der Waals surface area (Å²) >= 11 is 2.45. The van der Waals surface area contributed by atoms with E-state index in [0.29, 0.717) is 5.41 Å². The molecular weight excluding hydrogens is 329 g/mol. The molecule has 2 aliphatic rings. The van der Waals surface area contributed by atoms with Gasteiger partial charge in [-0.2, -0.15) is 0 Å². The van der Waals surface area contributed by atoms with E-state index >= 15 is 0 Å². The lowest BCUT2D eigenvalue weighted by molar-refractivity contribution is -0.0951. The molecule has 1 aliphatic carbocycles. The van der Waals surface area contributed by atoms with Gasteiger partial charge in [0.15, 0.2) is 0 Å². The summed E-state index contributed by atoms with van der Waals surface area (Å²) in [6.07, 6.45) is 3.83. The maximum atomic E-state index is 11.8. The Morgan fingerprint density at radius 1 is 1.41 bits per heavy atom. The van der Waals surface area contributed by atoms with Crippen LogP contribution in [-0.2, 0) is 4.74 Å². The number of alkyl halides is 1. The predicted molar refractivity (Wildman–Crippen MR) is 76.5 cm³/mol. The summed E-state index contributed by atoms with van der Waals surface area (Å²) in [6.45, 7) is 7.58. The van der Waals surface area contributed by atoms with E-state index in [1.165, 1.54) is 23.7 Å². The molecule has 1 spiro atoms. The lowest BCUT2D eigenvalue weighted by Gasteiger charge is -2.58. The highest BCUT2D eigenvalue weighted by Crippen LogP contribution is 2.53. The third kappa shape index (κ3) is 3.06. The maximum absolute atomic E-state index is 11.8. The van der Waals surface area contributed by atoms with Crippen molar-refractivity contribution in [2.45, 2.75) is 45.6 Å². The molecule has 0 aromatic rings. The molecule has 0 aromatic heterocycles. The number of carbonyl (C=O) groups excluding carboxylic acids is 1. The fourth-order valence-corrected chi connectivity index (χ4v) is 3.88. The number of nitrogens with zero attached hydrogens (tertiary/aromatic N) is 1. The van der Waals surface area contributed by atoms with E-state index < -0.39 is 0 Å². The number of likely N-dealkylation sites (tertiary alicyclic amines) is 1. The second kappa shape index (κ2) is 4.59. The minimum atomic E-state index is -0.372. The minimum absolute atomic E-state index is 0.138. The number of amides is 1. The third-order valence-corrected chi connectivity index (χ3v) is 4.29. The molecule has 0 bridgehead atoms. The summed E-state index contributed by atoms with van der Waals surface area (Å²) < 4.78 is 6.62. The molecule has 1 amide bonds. The smallest absolute Gasteiger partial charge is 0.410 e. The molecule has 0 unspecified atom stereocenters. The monoisotopic (exact) mass is 351 g/mol. The number of rotatable bonds is 2. The molecule has 98 valence electrons. The summed E-state index contributed by atoms with van der Waals surface area (Å²) in [4.78, 5) is 13.6. The summed E-state index contributed by atoms with van der Waals surface area (Å²) in [6, 6.07) is 0. The summed E-state index contributed by atoms with van der Waals surface area (Å²) in [5, 5.41) is 0. The maximum Gasteiger partial charge on any atom is 0.410 e. The average Bonchev–Trinajstić information content (AvgIpc) is 2.03. The van der Waals surface area contributed by atoms with Crippen LogP contribution in [0.25, 0.3) is 0 Å². The summed E-state index contributed by atoms with van der Waals surface area (Å²) in [7, 11) is 0. The number of ether oxygens (including phenoxy) is 1. The Kier molecular flexibility index (Phi) is 3.63. The van der Waals surface area contributed by atoms with Crippen molar-refractivity contribution in [1.82, 2.24) is 4.90 Å². The molecule has 0 radical (unpaired) electrons. The molecule has 17 heavy (non-hydrogen) atoms. The van der Waals surface area contributed by atoms with E-state index in [1.807, 2.05) is 25.7 Å². The van der Waals surface area contributed by atoms with E-state index in [-0.39, 0.29) is 11.7 Å². The predicted octanol–water partition coefficient (Wildman–Crippen LogP) is 3.46. The minimum Gasteiger partial charge on any atom is -0.444 e. The second-order valence-corrected chi connectivity index (χ2v) is 7.67. The zero-order chi connectivity index (χ0) is 12.7. The van der Waals surface area contributed by atoms with Gasteiger partial charge in [-0.1, -0.05) is 22.6 Å². The molecule has 1 aliphatic heterocycles. The molecule has 0 aromatic carbocycles. The average molecular weight is 351 g/mol. The first-order chi connectivity index (χ1) is 7.84. The standard InChI is InChI=1S/C13H22INO2/c1-12(2,3)17-11(16)15-8-13(9-15)6-10(7-13)4-5-14/h10H,4-9H2,1-3H3. The van der Waals surface area contributed by atoms with Crippen LogP contribution in [0.15, 0.2) is 0 Å². The highest BCUT2D eigenvalue weighted by atomic mass is 127. The first-order valence-electron chi connectivity index (χ1n) is 6.37. The number of carbonyl (C=O) groups is 1. The van der Waals surface area contributed by atoms with Gasteiger partial charge in [0.1, 0.15) is 5.60 Å². The van der Waals surface area contributed by atoms with E-state index in [0.717, 1.165) is 19.0 Å². The van der Waals surface area contributed by atoms with Gasteiger partial charge >= 0.3 is 6.09 Å². The van der Waals surface area contributed by atoms with Crippen LogP contribution in [0.4, 0.5) is 4.79 Å². The van der Waals surface area contributed by atoms with Crippen molar-refractivity contribution in [2.75, 3.05) is 17.5 Å². The van der Waals surface area contributed by atoms with Crippen molar-refractivity contribution in [3.05, 3.63) is 0 Å². The fraction of sp³-hybridized carbons (Fsp3) is 0.923. The van der Waals surface area contributed by atoms with Crippen LogP contribution in [0.1, 0.15) is 40.0 Å². The number of hydrogen-bond donors (Lipinski definition) is 0. The van der Waals surface area contributed by atoms with Gasteiger partial charge in [-0.3, -0.25) is 0 Å². The first-order valence-corrected chi connectivity index (χ1v) is 7.90. The van der Waals surface area contributed by atoms with E-state index in [4.69, 9.17) is 4.74 Å². The summed E-state index contributed by atoms with van der Waals surface area (Å²) in [5.74, 6) is 0.910. The highest BCUT2D eigenvalue weighted by Gasteiger charge is 2.53. The number of hydrogen-bond acceptors (Lipinski definition) is 2. The van der Waals surface area contributed by atoms with Crippen LogP contribution in [0.5, 0.6) is 0 Å². The van der Waals surface area contributed by atoms with Gasteiger partial charge in [-0.15, -0.1) is 0 Å². The molecule has 0 atom stereocenters. The fourth-order valence-electron chi connectivity index (χ4n) is 3.00. The molecule has 4 heteroatoms. The second-order valence-electron chi connectivity index (χ2n) is 6.59. The Morgan fingerprint density at radius 3 is 2.47 bits per heavy atom. The van der Waals surface area contributed by atoms with Crippen molar-refractivity contribution in [2.24, 2.45) is 11.3 Å². The largest absolute Gasteiger partial charge is 0.444 e. The topological polar surface area (TPSA) is 29.5 Å². The van der Waals surface area contributed by atoms with Crippen molar-refractivity contribution < 1.29 is 9.53 Å². The molecule has 3 nitrogen and oxygen atoms in total. The lowest BCUT2D eigenvalue weighted by Crippen LogP contribution is -2.64. The van der Waals surface area contributed by atoms with Gasteiger partial charge in [0.2, 0.25) is 0 Å². The van der Waals surface area contributed by atoms with Crippen LogP contribution in [0, 0.1) is 11.3 Å². The van der Waals surface area contributed by atoms with E-state index in [2.05, 4.69) is 22.6 Å². The first kappa shape index (κ1) is 13.4. The molecule has 1 saturated carbocycles. The van der Waals surface area contributed by atoms with Crippen LogP contribution in [-0.4, -0.2) is 34.1 Å². The normalized spacial score (nSPS) is 23.2. The molecule has 1 saturated heterocycles. The third-order valence-electron chi connectivity index (χ3n) is 3.66. The Hall–Kier alpha value is 0. The van der Waals surface area contributed by atoms with E-state index in [9.17, 15) is 4.79 Å². The van der Waals surface area contributed by atoms with Crippen LogP contribution < -0.4 is 0 Å². The molecule has 2 fully saturated rings. The zero-order valence-electron chi connectivity index (χ0n) is 11.0. The van der Waals surface area contributed by atoms with E-state index in [1.54, 1.807) is 0 Å². The van der Waals surface area contributed by atoms with Gasteiger partial charge < -0.3 is 9.64 Å². The molecule has 0 N–H and O–H groups in total. The lowest BCUT2D eigenvalue weighted by atomic mass is 9.57. The molecule has 1 heterocycles. The van der Waals surface area contributed by atoms with Crippen molar-refractivity contribution >= 4 is 28.7 Å². The summed E-state index contributed by atoms with van der Waals surface area (Å²) in [5.41, 5.74) is 0.0938. The van der Waals surface area contributed by atoms with Gasteiger partial charge in [-0.25, -0.2) is 4.79 Å². The highest BCUT2D eigenvalue weighted by molar-refractivity contribution is 14.1.